The number of benzene rings is 2. The van der Waals surface area contributed by atoms with Gasteiger partial charge in [-0.25, -0.2) is 39.6 Å². The molecule has 250 valence electrons. The molecule has 0 amide bonds. The third-order valence-electron chi connectivity index (χ3n) is 6.96. The molecule has 0 spiro atoms. The molecule has 2 N–H and O–H groups in total. The number of aromatic nitrogens is 9. The van der Waals surface area contributed by atoms with E-state index in [4.69, 9.17) is 32.7 Å². The first-order chi connectivity index (χ1) is 24.4. The Morgan fingerprint density at radius 3 is 1.80 bits per heavy atom. The third-order valence-corrected chi connectivity index (χ3v) is 7.70. The number of methoxy groups -OCH3 is 2. The van der Waals surface area contributed by atoms with Gasteiger partial charge in [0.2, 0.25) is 23.7 Å². The fourth-order valence-electron chi connectivity index (χ4n) is 4.55. The smallest absolute Gasteiger partial charge is 0.227 e. The lowest BCUT2D eigenvalue weighted by molar-refractivity contribution is 0.398. The second kappa shape index (κ2) is 16.3. The van der Waals surface area contributed by atoms with Crippen LogP contribution in [-0.4, -0.2) is 58.9 Å². The number of rotatable bonds is 10. The molecule has 0 radical (unpaired) electrons. The van der Waals surface area contributed by atoms with Gasteiger partial charge in [-0.15, -0.1) is 0 Å². The molecule has 0 aliphatic heterocycles. The van der Waals surface area contributed by atoms with Gasteiger partial charge in [0.15, 0.2) is 0 Å². The minimum absolute atomic E-state index is 0.459. The topological polar surface area (TPSA) is 151 Å². The van der Waals surface area contributed by atoms with Gasteiger partial charge in [0.25, 0.3) is 0 Å². The Kier molecular flexibility index (Phi) is 11.0. The van der Waals surface area contributed by atoms with E-state index in [-0.39, 0.29) is 0 Å². The maximum absolute atomic E-state index is 6.05. The van der Waals surface area contributed by atoms with Crippen LogP contribution < -0.4 is 20.1 Å². The zero-order chi connectivity index (χ0) is 34.7. The minimum Gasteiger partial charge on any atom is -0.481 e. The van der Waals surface area contributed by atoms with Gasteiger partial charge in [0, 0.05) is 35.7 Å². The Morgan fingerprint density at radius 1 is 0.660 bits per heavy atom. The highest BCUT2D eigenvalue weighted by molar-refractivity contribution is 6.42. The number of halogens is 2. The average molecular weight is 707 g/mol. The van der Waals surface area contributed by atoms with Crippen molar-refractivity contribution in [2.45, 2.75) is 6.54 Å². The quantitative estimate of drug-likeness (QED) is 0.145. The fourth-order valence-corrected chi connectivity index (χ4v) is 4.85. The number of anilines is 4. The number of ether oxygens (including phenoxy) is 2. The molecule has 50 heavy (non-hydrogen) atoms. The Labute approximate surface area is 297 Å². The van der Waals surface area contributed by atoms with Gasteiger partial charge in [0.05, 0.1) is 66.0 Å². The highest BCUT2D eigenvalue weighted by Crippen LogP contribution is 2.28. The van der Waals surface area contributed by atoms with E-state index in [9.17, 15) is 0 Å². The van der Waals surface area contributed by atoms with Gasteiger partial charge in [-0.1, -0.05) is 47.5 Å². The molecule has 0 aliphatic rings. The van der Waals surface area contributed by atoms with E-state index in [0.717, 1.165) is 39.5 Å². The zero-order valence-corrected chi connectivity index (χ0v) is 28.3. The second-order valence-corrected chi connectivity index (χ2v) is 11.2. The molecule has 0 saturated carbocycles. The number of hydrogen-bond donors (Lipinski definition) is 2. The summed E-state index contributed by atoms with van der Waals surface area (Å²) in [5, 5.41) is 11.4. The minimum atomic E-state index is 0.459. The average Bonchev–Trinajstić information content (AvgIpc) is 3.67. The van der Waals surface area contributed by atoms with Gasteiger partial charge in [-0.3, -0.25) is 0 Å². The third kappa shape index (κ3) is 9.04. The first-order valence-electron chi connectivity index (χ1n) is 15.0. The van der Waals surface area contributed by atoms with Gasteiger partial charge in [-0.05, 0) is 48.0 Å². The summed E-state index contributed by atoms with van der Waals surface area (Å²) in [6.07, 6.45) is 9.94. The molecule has 2 aromatic carbocycles. The normalized spacial score (nSPS) is 10.5. The summed E-state index contributed by atoms with van der Waals surface area (Å²) < 4.78 is 11.9. The molecular formula is C35H29Cl2N11O2. The Morgan fingerprint density at radius 2 is 1.28 bits per heavy atom. The van der Waals surface area contributed by atoms with Crippen LogP contribution in [0, 0.1) is 0 Å². The lowest BCUT2D eigenvalue weighted by Crippen LogP contribution is -2.01. The highest BCUT2D eigenvalue weighted by atomic mass is 35.5. The van der Waals surface area contributed by atoms with Crippen LogP contribution >= 0.6 is 23.2 Å². The van der Waals surface area contributed by atoms with Crippen molar-refractivity contribution >= 4 is 46.5 Å². The van der Waals surface area contributed by atoms with E-state index < -0.39 is 0 Å². The Hall–Kier alpha value is -6.18. The number of hydrogen-bond acceptors (Lipinski definition) is 12. The van der Waals surface area contributed by atoms with Gasteiger partial charge in [-0.2, -0.15) is 5.10 Å². The summed E-state index contributed by atoms with van der Waals surface area (Å²) in [5.41, 5.74) is 6.09. The maximum Gasteiger partial charge on any atom is 0.227 e. The van der Waals surface area contributed by atoms with E-state index >= 15 is 0 Å². The standard InChI is InChI=1S/C19H17N7O.C16H12Cl2N4O/c1-27-18-6-5-16(10-22-18)24-19-21-8-7-17(25-19)15-4-2-3-14(9-15)11-26-13-20-12-23-26;1-23-15-5-3-11(9-20-15)21-16-19-7-6-14(22-16)10-2-4-12(17)13(18)8-10/h2-10,12-13H,11H2,1H3,(H,21,24,25);2-9H,1H3,(H,19,21,22). The lowest BCUT2D eigenvalue weighted by Gasteiger charge is -2.08. The summed E-state index contributed by atoms with van der Waals surface area (Å²) in [5.74, 6) is 2.06. The second-order valence-electron chi connectivity index (χ2n) is 10.4. The first kappa shape index (κ1) is 33.7. The molecule has 0 unspecified atom stereocenters. The number of nitrogens with one attached hydrogen (secondary N) is 2. The SMILES string of the molecule is COc1ccc(Nc2nccc(-c3ccc(Cl)c(Cl)c3)n2)cn1.COc1ccc(Nc2nccc(-c3cccc(Cn4cncn4)c3)n2)cn1. The molecule has 0 aliphatic carbocycles. The van der Waals surface area contributed by atoms with Crippen molar-refractivity contribution < 1.29 is 9.47 Å². The van der Waals surface area contributed by atoms with Crippen molar-refractivity contribution in [3.63, 3.8) is 0 Å². The van der Waals surface area contributed by atoms with E-state index in [1.54, 1.807) is 80.3 Å². The van der Waals surface area contributed by atoms with Gasteiger partial charge >= 0.3 is 0 Å². The monoisotopic (exact) mass is 705 g/mol. The molecule has 13 nitrogen and oxygen atoms in total. The van der Waals surface area contributed by atoms with Crippen molar-refractivity contribution in [3.05, 3.63) is 132 Å². The molecule has 5 heterocycles. The molecule has 0 saturated heterocycles. The molecular weight excluding hydrogens is 677 g/mol. The van der Waals surface area contributed by atoms with Crippen LogP contribution in [0.2, 0.25) is 10.0 Å². The van der Waals surface area contributed by atoms with E-state index in [2.05, 4.69) is 62.8 Å². The van der Waals surface area contributed by atoms with E-state index in [0.29, 0.717) is 40.2 Å². The van der Waals surface area contributed by atoms with Crippen LogP contribution in [0.15, 0.2) is 116 Å². The number of nitrogens with zero attached hydrogens (tertiary/aromatic N) is 9. The van der Waals surface area contributed by atoms with Crippen molar-refractivity contribution in [2.24, 2.45) is 0 Å². The van der Waals surface area contributed by atoms with Gasteiger partial charge < -0.3 is 20.1 Å². The van der Waals surface area contributed by atoms with E-state index in [1.165, 1.54) is 6.33 Å². The van der Waals surface area contributed by atoms with Crippen molar-refractivity contribution in [3.8, 4) is 34.3 Å². The summed E-state index contributed by atoms with van der Waals surface area (Å²) in [6, 6.07) is 24.4. The van der Waals surface area contributed by atoms with Crippen LogP contribution in [-0.2, 0) is 6.54 Å². The predicted molar refractivity (Wildman–Crippen MR) is 192 cm³/mol. The molecule has 15 heteroatoms. The Balaban J connectivity index is 0.000000175. The maximum atomic E-state index is 6.05. The molecule has 0 atom stereocenters. The zero-order valence-electron chi connectivity index (χ0n) is 26.8. The highest BCUT2D eigenvalue weighted by Gasteiger charge is 2.07. The van der Waals surface area contributed by atoms with Crippen LogP contribution in [0.5, 0.6) is 11.8 Å². The predicted octanol–water partition coefficient (Wildman–Crippen LogP) is 7.53. The summed E-state index contributed by atoms with van der Waals surface area (Å²) >= 11 is 12.0. The summed E-state index contributed by atoms with van der Waals surface area (Å²) in [4.78, 5) is 29.8. The summed E-state index contributed by atoms with van der Waals surface area (Å²) in [6.45, 7) is 0.654. The Bertz CT molecular complexity index is 2150. The lowest BCUT2D eigenvalue weighted by atomic mass is 10.1. The van der Waals surface area contributed by atoms with Crippen LogP contribution in [0.4, 0.5) is 23.3 Å². The van der Waals surface area contributed by atoms with Crippen molar-refractivity contribution in [2.75, 3.05) is 24.9 Å². The molecule has 7 rings (SSSR count). The van der Waals surface area contributed by atoms with Crippen molar-refractivity contribution in [1.29, 1.82) is 0 Å². The molecule has 0 fully saturated rings. The van der Waals surface area contributed by atoms with Gasteiger partial charge in [0.1, 0.15) is 12.7 Å². The first-order valence-corrected chi connectivity index (χ1v) is 15.8. The largest absolute Gasteiger partial charge is 0.481 e. The van der Waals surface area contributed by atoms with Crippen LogP contribution in [0.3, 0.4) is 0 Å². The van der Waals surface area contributed by atoms with Crippen LogP contribution in [0.25, 0.3) is 22.5 Å². The molecule has 7 aromatic rings. The number of pyridine rings is 2. The summed E-state index contributed by atoms with van der Waals surface area (Å²) in [7, 11) is 3.15. The fraction of sp³-hybridized carbons (Fsp3) is 0.0857. The molecule has 0 bridgehead atoms. The molecule has 5 aromatic heterocycles. The van der Waals surface area contributed by atoms with Crippen molar-refractivity contribution in [1.82, 2.24) is 44.7 Å². The van der Waals surface area contributed by atoms with Crippen LogP contribution in [0.1, 0.15) is 5.56 Å². The van der Waals surface area contributed by atoms with E-state index in [1.807, 2.05) is 36.4 Å².